The summed E-state index contributed by atoms with van der Waals surface area (Å²) in [6, 6.07) is 5.82. The van der Waals surface area contributed by atoms with E-state index in [0.717, 1.165) is 46.4 Å². The van der Waals surface area contributed by atoms with Crippen LogP contribution in [0.1, 0.15) is 72.4 Å². The normalized spacial score (nSPS) is 14.4. The molecule has 1 aliphatic carbocycles. The van der Waals surface area contributed by atoms with Crippen molar-refractivity contribution in [2.45, 2.75) is 65.8 Å². The van der Waals surface area contributed by atoms with Gasteiger partial charge < -0.3 is 5.32 Å². The molecule has 0 atom stereocenters. The lowest BCUT2D eigenvalue weighted by atomic mass is 10.1. The molecule has 0 radical (unpaired) electrons. The maximum atomic E-state index is 13.4. The van der Waals surface area contributed by atoms with E-state index in [2.05, 4.69) is 26.1 Å². The van der Waals surface area contributed by atoms with Gasteiger partial charge in [0.2, 0.25) is 0 Å². The van der Waals surface area contributed by atoms with E-state index in [-0.39, 0.29) is 11.4 Å². The van der Waals surface area contributed by atoms with E-state index < -0.39 is 0 Å². The van der Waals surface area contributed by atoms with Crippen LogP contribution < -0.4 is 5.32 Å². The van der Waals surface area contributed by atoms with Crippen LogP contribution in [0, 0.1) is 20.8 Å². The summed E-state index contributed by atoms with van der Waals surface area (Å²) in [6.45, 7) is 12.2. The molecule has 1 aromatic carbocycles. The van der Waals surface area contributed by atoms with E-state index in [1.54, 1.807) is 0 Å². The number of hydrogen-bond donors (Lipinski definition) is 1. The number of nitrogens with one attached hydrogen (secondary N) is 1. The first-order valence-electron chi connectivity index (χ1n) is 10.0. The van der Waals surface area contributed by atoms with Crippen LogP contribution in [0.2, 0.25) is 5.02 Å². The van der Waals surface area contributed by atoms with Crippen molar-refractivity contribution < 1.29 is 4.79 Å². The number of pyridine rings is 1. The van der Waals surface area contributed by atoms with Crippen molar-refractivity contribution in [1.82, 2.24) is 14.8 Å². The summed E-state index contributed by atoms with van der Waals surface area (Å²) >= 11 is 6.43. The second-order valence-electron chi connectivity index (χ2n) is 9.13. The van der Waals surface area contributed by atoms with Gasteiger partial charge in [0.05, 0.1) is 32.9 Å². The van der Waals surface area contributed by atoms with Gasteiger partial charge in [-0.25, -0.2) is 9.67 Å². The third-order valence-electron chi connectivity index (χ3n) is 5.38. The summed E-state index contributed by atoms with van der Waals surface area (Å²) in [7, 11) is 0. The number of fused-ring (bicyclic) bond motifs is 1. The van der Waals surface area contributed by atoms with Crippen LogP contribution >= 0.6 is 11.6 Å². The SMILES string of the molecule is Cc1cc(C)c(NC(=O)c2cc(C3CC3)nc3c2c(C)nn3C(C)(C)C)c(Cl)c1. The highest BCUT2D eigenvalue weighted by Crippen LogP contribution is 2.41. The van der Waals surface area contributed by atoms with Crippen LogP contribution in [0.15, 0.2) is 18.2 Å². The highest BCUT2D eigenvalue weighted by atomic mass is 35.5. The van der Waals surface area contributed by atoms with Crippen LogP contribution in [0.25, 0.3) is 11.0 Å². The molecule has 0 saturated heterocycles. The minimum absolute atomic E-state index is 0.176. The molecule has 6 heteroatoms. The zero-order chi connectivity index (χ0) is 21.1. The molecule has 29 heavy (non-hydrogen) atoms. The molecule has 1 fully saturated rings. The van der Waals surface area contributed by atoms with Gasteiger partial charge in [-0.2, -0.15) is 5.10 Å². The van der Waals surface area contributed by atoms with E-state index in [1.807, 2.05) is 43.7 Å². The average molecular weight is 411 g/mol. The van der Waals surface area contributed by atoms with Gasteiger partial charge in [0.25, 0.3) is 5.91 Å². The molecule has 0 unspecified atom stereocenters. The van der Waals surface area contributed by atoms with E-state index in [1.165, 1.54) is 0 Å². The first-order valence-corrected chi connectivity index (χ1v) is 10.4. The highest BCUT2D eigenvalue weighted by molar-refractivity contribution is 6.34. The molecular formula is C23H27ClN4O. The monoisotopic (exact) mass is 410 g/mol. The molecule has 5 nitrogen and oxygen atoms in total. The molecule has 2 heterocycles. The lowest BCUT2D eigenvalue weighted by Gasteiger charge is -2.20. The standard InChI is InChI=1S/C23H27ClN4O/c1-12-9-13(2)20(17(24)10-12)26-22(29)16-11-18(15-7-8-15)25-21-19(16)14(3)27-28(21)23(4,5)6/h9-11,15H,7-8H2,1-6H3,(H,26,29). The third-order valence-corrected chi connectivity index (χ3v) is 5.68. The molecule has 0 aliphatic heterocycles. The molecule has 0 bridgehead atoms. The molecule has 2 aromatic heterocycles. The van der Waals surface area contributed by atoms with Crippen LogP contribution in [0.3, 0.4) is 0 Å². The van der Waals surface area contributed by atoms with Gasteiger partial charge in [-0.3, -0.25) is 4.79 Å². The van der Waals surface area contributed by atoms with Gasteiger partial charge in [-0.15, -0.1) is 0 Å². The average Bonchev–Trinajstić information content (AvgIpc) is 3.40. The van der Waals surface area contributed by atoms with Crippen LogP contribution in [0.5, 0.6) is 0 Å². The molecular weight excluding hydrogens is 384 g/mol. The molecule has 0 spiro atoms. The number of nitrogens with zero attached hydrogens (tertiary/aromatic N) is 3. The van der Waals surface area contributed by atoms with Crippen molar-refractivity contribution in [1.29, 1.82) is 0 Å². The lowest BCUT2D eigenvalue weighted by Crippen LogP contribution is -2.24. The minimum atomic E-state index is -0.230. The fourth-order valence-electron chi connectivity index (χ4n) is 3.80. The number of aromatic nitrogens is 3. The fourth-order valence-corrected chi connectivity index (χ4v) is 4.17. The summed E-state index contributed by atoms with van der Waals surface area (Å²) in [6.07, 6.45) is 2.23. The van der Waals surface area contributed by atoms with Crippen LogP contribution in [-0.4, -0.2) is 20.7 Å². The number of benzene rings is 1. The highest BCUT2D eigenvalue weighted by Gasteiger charge is 2.30. The molecule has 152 valence electrons. The second-order valence-corrected chi connectivity index (χ2v) is 9.54. The number of aryl methyl sites for hydroxylation is 3. The minimum Gasteiger partial charge on any atom is -0.320 e. The molecule has 1 N–H and O–H groups in total. The Kier molecular flexibility index (Phi) is 4.69. The zero-order valence-electron chi connectivity index (χ0n) is 17.9. The molecule has 1 amide bonds. The number of carbonyl (C=O) groups excluding carboxylic acids is 1. The first-order chi connectivity index (χ1) is 13.6. The quantitative estimate of drug-likeness (QED) is 0.585. The van der Waals surface area contributed by atoms with E-state index >= 15 is 0 Å². The number of hydrogen-bond acceptors (Lipinski definition) is 3. The third kappa shape index (κ3) is 3.64. The number of halogens is 1. The molecule has 4 rings (SSSR count). The van der Waals surface area contributed by atoms with E-state index in [0.29, 0.717) is 22.2 Å². The largest absolute Gasteiger partial charge is 0.320 e. The second kappa shape index (κ2) is 6.84. The van der Waals surface area contributed by atoms with Crippen molar-refractivity contribution in [3.8, 4) is 0 Å². The predicted octanol–water partition coefficient (Wildman–Crippen LogP) is 5.89. The molecule has 1 saturated carbocycles. The summed E-state index contributed by atoms with van der Waals surface area (Å²) < 4.78 is 1.93. The predicted molar refractivity (Wildman–Crippen MR) is 118 cm³/mol. The first kappa shape index (κ1) is 19.9. The van der Waals surface area contributed by atoms with Gasteiger partial charge in [0.15, 0.2) is 5.65 Å². The van der Waals surface area contributed by atoms with Crippen LogP contribution in [0.4, 0.5) is 5.69 Å². The Bertz CT molecular complexity index is 1110. The van der Waals surface area contributed by atoms with Gasteiger partial charge in [-0.05, 0) is 77.6 Å². The van der Waals surface area contributed by atoms with Gasteiger partial charge in [-0.1, -0.05) is 17.7 Å². The van der Waals surface area contributed by atoms with Crippen LogP contribution in [-0.2, 0) is 5.54 Å². The summed E-state index contributed by atoms with van der Waals surface area (Å²) in [5.74, 6) is 0.254. The lowest BCUT2D eigenvalue weighted by molar-refractivity contribution is 0.102. The Morgan fingerprint density at radius 1 is 1.17 bits per heavy atom. The Hall–Kier alpha value is -2.40. The Morgan fingerprint density at radius 3 is 2.45 bits per heavy atom. The van der Waals surface area contributed by atoms with Crippen molar-refractivity contribution in [3.05, 3.63) is 51.3 Å². The summed E-state index contributed by atoms with van der Waals surface area (Å²) in [5.41, 5.74) is 5.60. The Labute approximate surface area is 176 Å². The van der Waals surface area contributed by atoms with Crippen molar-refractivity contribution in [3.63, 3.8) is 0 Å². The zero-order valence-corrected chi connectivity index (χ0v) is 18.6. The molecule has 3 aromatic rings. The number of amides is 1. The summed E-state index contributed by atoms with van der Waals surface area (Å²) in [5, 5.41) is 9.12. The van der Waals surface area contributed by atoms with E-state index in [4.69, 9.17) is 21.7 Å². The number of anilines is 1. The maximum absolute atomic E-state index is 13.4. The number of carbonyl (C=O) groups is 1. The molecule has 1 aliphatic rings. The Balaban J connectivity index is 1.87. The van der Waals surface area contributed by atoms with Gasteiger partial charge in [0, 0.05) is 11.6 Å². The smallest absolute Gasteiger partial charge is 0.256 e. The van der Waals surface area contributed by atoms with Gasteiger partial charge >= 0.3 is 0 Å². The number of rotatable bonds is 3. The maximum Gasteiger partial charge on any atom is 0.256 e. The van der Waals surface area contributed by atoms with Crippen molar-refractivity contribution >= 4 is 34.2 Å². The summed E-state index contributed by atoms with van der Waals surface area (Å²) in [4.78, 5) is 18.3. The Morgan fingerprint density at radius 2 is 1.86 bits per heavy atom. The van der Waals surface area contributed by atoms with E-state index in [9.17, 15) is 4.79 Å². The van der Waals surface area contributed by atoms with Crippen molar-refractivity contribution in [2.75, 3.05) is 5.32 Å². The fraction of sp³-hybridized carbons (Fsp3) is 0.435. The van der Waals surface area contributed by atoms with Crippen molar-refractivity contribution in [2.24, 2.45) is 0 Å². The topological polar surface area (TPSA) is 59.8 Å². The van der Waals surface area contributed by atoms with Gasteiger partial charge in [0.1, 0.15) is 0 Å².